The van der Waals surface area contributed by atoms with Crippen LogP contribution in [0.1, 0.15) is 42.2 Å². The number of carboxylic acid groups (broad SMARTS) is 1. The van der Waals surface area contributed by atoms with Gasteiger partial charge in [0.25, 0.3) is 0 Å². The number of aromatic nitrogens is 2. The third-order valence-electron chi connectivity index (χ3n) is 4.31. The third kappa shape index (κ3) is 4.68. The molecule has 0 amide bonds. The molecule has 1 N–H and O–H groups in total. The molecular formula is C21H19ClN2O3. The molecule has 0 aliphatic carbocycles. The van der Waals surface area contributed by atoms with Crippen molar-refractivity contribution in [2.45, 2.75) is 32.6 Å². The molecule has 5 nitrogen and oxygen atoms in total. The van der Waals surface area contributed by atoms with Crippen LogP contribution in [0.5, 0.6) is 0 Å². The summed E-state index contributed by atoms with van der Waals surface area (Å²) in [5.74, 6) is -0.827. The van der Waals surface area contributed by atoms with Crippen molar-refractivity contribution in [3.05, 3.63) is 58.7 Å². The standard InChI is InChI=1S/C21H19ClN2O3/c1-13(25)15-8-11-17-19(12-15)23-18(4-2-3-5-20(26)27)21(24-17)14-6-9-16(22)10-7-14/h6-12H,2-5H2,1H3,(H,26,27). The number of hydrogen-bond acceptors (Lipinski definition) is 4. The maximum absolute atomic E-state index is 11.7. The molecule has 0 atom stereocenters. The van der Waals surface area contributed by atoms with Gasteiger partial charge in [-0.15, -0.1) is 0 Å². The monoisotopic (exact) mass is 382 g/mol. The number of carbonyl (C=O) groups excluding carboxylic acids is 1. The smallest absolute Gasteiger partial charge is 0.303 e. The van der Waals surface area contributed by atoms with Gasteiger partial charge in [-0.1, -0.05) is 23.7 Å². The highest BCUT2D eigenvalue weighted by Crippen LogP contribution is 2.26. The zero-order chi connectivity index (χ0) is 19.4. The second-order valence-corrected chi connectivity index (χ2v) is 6.82. The van der Waals surface area contributed by atoms with E-state index in [1.807, 2.05) is 12.1 Å². The zero-order valence-electron chi connectivity index (χ0n) is 14.9. The lowest BCUT2D eigenvalue weighted by Crippen LogP contribution is -2.02. The van der Waals surface area contributed by atoms with E-state index in [0.29, 0.717) is 40.9 Å². The number of aliphatic carboxylic acids is 1. The van der Waals surface area contributed by atoms with Crippen molar-refractivity contribution in [2.24, 2.45) is 0 Å². The van der Waals surface area contributed by atoms with Crippen LogP contribution in [0.3, 0.4) is 0 Å². The summed E-state index contributed by atoms with van der Waals surface area (Å²) >= 11 is 5.99. The molecule has 1 aromatic heterocycles. The maximum Gasteiger partial charge on any atom is 0.303 e. The summed E-state index contributed by atoms with van der Waals surface area (Å²) in [6.07, 6.45) is 2.01. The van der Waals surface area contributed by atoms with E-state index in [9.17, 15) is 9.59 Å². The largest absolute Gasteiger partial charge is 0.481 e. The van der Waals surface area contributed by atoms with Crippen molar-refractivity contribution >= 4 is 34.4 Å². The number of benzene rings is 2. The van der Waals surface area contributed by atoms with Gasteiger partial charge in [0.2, 0.25) is 0 Å². The summed E-state index contributed by atoms with van der Waals surface area (Å²) < 4.78 is 0. The molecule has 0 spiro atoms. The number of unbranched alkanes of at least 4 members (excludes halogenated alkanes) is 1. The molecule has 138 valence electrons. The number of halogens is 1. The SMILES string of the molecule is CC(=O)c1ccc2nc(-c3ccc(Cl)cc3)c(CCCCC(=O)O)nc2c1. The second kappa shape index (κ2) is 8.27. The summed E-state index contributed by atoms with van der Waals surface area (Å²) in [6, 6.07) is 12.7. The number of aryl methyl sites for hydroxylation is 1. The van der Waals surface area contributed by atoms with Crippen molar-refractivity contribution in [1.82, 2.24) is 9.97 Å². The fourth-order valence-electron chi connectivity index (χ4n) is 2.89. The molecule has 6 heteroatoms. The van der Waals surface area contributed by atoms with Gasteiger partial charge >= 0.3 is 5.97 Å². The van der Waals surface area contributed by atoms with Crippen LogP contribution in [0.4, 0.5) is 0 Å². The number of Topliss-reactive ketones (excluding diaryl/α,β-unsaturated/α-hetero) is 1. The number of nitrogens with zero attached hydrogens (tertiary/aromatic N) is 2. The van der Waals surface area contributed by atoms with E-state index < -0.39 is 5.97 Å². The summed E-state index contributed by atoms with van der Waals surface area (Å²) in [6.45, 7) is 1.52. The van der Waals surface area contributed by atoms with Crippen molar-refractivity contribution in [1.29, 1.82) is 0 Å². The predicted molar refractivity (Wildman–Crippen MR) is 105 cm³/mol. The number of carbonyl (C=O) groups is 2. The summed E-state index contributed by atoms with van der Waals surface area (Å²) in [5, 5.41) is 9.46. The lowest BCUT2D eigenvalue weighted by molar-refractivity contribution is -0.137. The van der Waals surface area contributed by atoms with Gasteiger partial charge in [0.15, 0.2) is 5.78 Å². The Morgan fingerprint density at radius 2 is 1.74 bits per heavy atom. The molecule has 0 aliphatic heterocycles. The quantitative estimate of drug-likeness (QED) is 0.462. The molecule has 0 unspecified atom stereocenters. The summed E-state index contributed by atoms with van der Waals surface area (Å²) in [5.41, 5.74) is 4.40. The lowest BCUT2D eigenvalue weighted by atomic mass is 10.0. The van der Waals surface area contributed by atoms with Gasteiger partial charge in [0.1, 0.15) is 0 Å². The number of carboxylic acids is 1. The Morgan fingerprint density at radius 3 is 2.41 bits per heavy atom. The van der Waals surface area contributed by atoms with Gasteiger partial charge in [0, 0.05) is 22.6 Å². The highest BCUT2D eigenvalue weighted by atomic mass is 35.5. The Hall–Kier alpha value is -2.79. The van der Waals surface area contributed by atoms with E-state index in [4.69, 9.17) is 26.7 Å². The van der Waals surface area contributed by atoms with E-state index in [2.05, 4.69) is 0 Å². The first-order valence-corrected chi connectivity index (χ1v) is 9.11. The number of fused-ring (bicyclic) bond motifs is 1. The van der Waals surface area contributed by atoms with Gasteiger partial charge in [0.05, 0.1) is 22.4 Å². The molecular weight excluding hydrogens is 364 g/mol. The van der Waals surface area contributed by atoms with Crippen LogP contribution in [0.25, 0.3) is 22.3 Å². The van der Waals surface area contributed by atoms with Crippen LogP contribution in [0.15, 0.2) is 42.5 Å². The van der Waals surface area contributed by atoms with Crippen LogP contribution in [-0.2, 0) is 11.2 Å². The normalized spacial score (nSPS) is 10.9. The van der Waals surface area contributed by atoms with Gasteiger partial charge in [-0.3, -0.25) is 9.59 Å². The summed E-state index contributed by atoms with van der Waals surface area (Å²) in [7, 11) is 0. The molecule has 0 radical (unpaired) electrons. The van der Waals surface area contributed by atoms with Crippen LogP contribution in [-0.4, -0.2) is 26.8 Å². The molecule has 0 bridgehead atoms. The van der Waals surface area contributed by atoms with Gasteiger partial charge in [-0.25, -0.2) is 9.97 Å². The van der Waals surface area contributed by atoms with Crippen LogP contribution >= 0.6 is 11.6 Å². The molecule has 0 saturated carbocycles. The first-order chi connectivity index (χ1) is 12.9. The molecule has 0 fully saturated rings. The Morgan fingerprint density at radius 1 is 1.00 bits per heavy atom. The fourth-order valence-corrected chi connectivity index (χ4v) is 3.02. The Bertz CT molecular complexity index is 1000. The Balaban J connectivity index is 2.02. The average Bonchev–Trinajstić information content (AvgIpc) is 2.64. The number of hydrogen-bond donors (Lipinski definition) is 1. The van der Waals surface area contributed by atoms with E-state index in [1.54, 1.807) is 30.3 Å². The fraction of sp³-hybridized carbons (Fsp3) is 0.238. The topological polar surface area (TPSA) is 80.2 Å². The number of rotatable bonds is 7. The highest BCUT2D eigenvalue weighted by molar-refractivity contribution is 6.30. The third-order valence-corrected chi connectivity index (χ3v) is 4.57. The van der Waals surface area contributed by atoms with E-state index in [0.717, 1.165) is 17.0 Å². The van der Waals surface area contributed by atoms with Crippen LogP contribution < -0.4 is 0 Å². The highest BCUT2D eigenvalue weighted by Gasteiger charge is 2.13. The molecule has 3 aromatic rings. The van der Waals surface area contributed by atoms with Gasteiger partial charge in [-0.2, -0.15) is 0 Å². The second-order valence-electron chi connectivity index (χ2n) is 6.39. The molecule has 1 heterocycles. The van der Waals surface area contributed by atoms with Crippen molar-refractivity contribution in [3.8, 4) is 11.3 Å². The van der Waals surface area contributed by atoms with E-state index >= 15 is 0 Å². The molecule has 0 saturated heterocycles. The minimum atomic E-state index is -0.802. The lowest BCUT2D eigenvalue weighted by Gasteiger charge is -2.11. The number of ketones is 1. The molecule has 2 aromatic carbocycles. The van der Waals surface area contributed by atoms with Crippen molar-refractivity contribution in [3.63, 3.8) is 0 Å². The molecule has 0 aliphatic rings. The van der Waals surface area contributed by atoms with E-state index in [-0.39, 0.29) is 12.2 Å². The van der Waals surface area contributed by atoms with Crippen molar-refractivity contribution < 1.29 is 14.7 Å². The van der Waals surface area contributed by atoms with Gasteiger partial charge < -0.3 is 5.11 Å². The average molecular weight is 383 g/mol. The first-order valence-electron chi connectivity index (χ1n) is 8.73. The van der Waals surface area contributed by atoms with Crippen molar-refractivity contribution in [2.75, 3.05) is 0 Å². The first kappa shape index (κ1) is 19.0. The zero-order valence-corrected chi connectivity index (χ0v) is 15.7. The van der Waals surface area contributed by atoms with Crippen LogP contribution in [0, 0.1) is 0 Å². The van der Waals surface area contributed by atoms with Gasteiger partial charge in [-0.05, 0) is 56.5 Å². The Labute approximate surface area is 162 Å². The minimum absolute atomic E-state index is 0.0246. The van der Waals surface area contributed by atoms with Crippen LogP contribution in [0.2, 0.25) is 5.02 Å². The summed E-state index contributed by atoms with van der Waals surface area (Å²) in [4.78, 5) is 31.9. The molecule has 27 heavy (non-hydrogen) atoms. The maximum atomic E-state index is 11.7. The molecule has 3 rings (SSSR count). The predicted octanol–water partition coefficient (Wildman–Crippen LogP) is 4.95. The van der Waals surface area contributed by atoms with E-state index in [1.165, 1.54) is 6.92 Å². The Kier molecular flexibility index (Phi) is 5.81. The minimum Gasteiger partial charge on any atom is -0.481 e.